The van der Waals surface area contributed by atoms with Gasteiger partial charge in [-0.1, -0.05) is 6.07 Å². The Labute approximate surface area is 123 Å². The van der Waals surface area contributed by atoms with Crippen molar-refractivity contribution < 1.29 is 4.79 Å². The van der Waals surface area contributed by atoms with E-state index < -0.39 is 0 Å². The third-order valence-corrected chi connectivity index (χ3v) is 4.45. The maximum Gasteiger partial charge on any atom is 0.255 e. The molecular weight excluding hydrogens is 266 g/mol. The molecule has 0 aliphatic heterocycles. The van der Waals surface area contributed by atoms with Crippen molar-refractivity contribution in [2.24, 2.45) is 0 Å². The van der Waals surface area contributed by atoms with Crippen LogP contribution in [-0.2, 0) is 12.8 Å². The minimum Gasteiger partial charge on any atom is -0.322 e. The molecule has 3 heteroatoms. The predicted octanol–water partition coefficient (Wildman–Crippen LogP) is 4.15. The summed E-state index contributed by atoms with van der Waals surface area (Å²) in [5.41, 5.74) is 4.39. The molecule has 0 bridgehead atoms. The summed E-state index contributed by atoms with van der Waals surface area (Å²) in [5.74, 6) is -0.0457. The van der Waals surface area contributed by atoms with Gasteiger partial charge in [-0.25, -0.2) is 0 Å². The molecule has 1 aliphatic carbocycles. The molecule has 0 saturated carbocycles. The molecule has 0 radical (unpaired) electrons. The minimum atomic E-state index is -0.0457. The molecule has 0 aromatic heterocycles. The first-order valence-electron chi connectivity index (χ1n) is 6.83. The lowest BCUT2D eigenvalue weighted by Crippen LogP contribution is -2.11. The van der Waals surface area contributed by atoms with E-state index in [2.05, 4.69) is 17.4 Å². The summed E-state index contributed by atoms with van der Waals surface area (Å²) < 4.78 is 0. The molecule has 0 fully saturated rings. The molecule has 2 nitrogen and oxygen atoms in total. The second-order valence-corrected chi connectivity index (χ2v) is 5.90. The van der Waals surface area contributed by atoms with Crippen LogP contribution in [-0.4, -0.2) is 12.2 Å². The summed E-state index contributed by atoms with van der Waals surface area (Å²) in [6.45, 7) is 0. The third kappa shape index (κ3) is 2.73. The Hall–Kier alpha value is -1.74. The van der Waals surface area contributed by atoms with Crippen LogP contribution in [0.1, 0.15) is 27.9 Å². The highest BCUT2D eigenvalue weighted by Crippen LogP contribution is 2.25. The van der Waals surface area contributed by atoms with Crippen molar-refractivity contribution in [3.05, 3.63) is 59.2 Å². The average molecular weight is 283 g/mol. The van der Waals surface area contributed by atoms with E-state index in [4.69, 9.17) is 0 Å². The molecule has 0 unspecified atom stereocenters. The van der Waals surface area contributed by atoms with Gasteiger partial charge in [-0.15, -0.1) is 11.8 Å². The minimum absolute atomic E-state index is 0.0457. The van der Waals surface area contributed by atoms with Gasteiger partial charge in [-0.05, 0) is 73.0 Å². The van der Waals surface area contributed by atoms with Gasteiger partial charge in [0, 0.05) is 16.1 Å². The number of carbonyl (C=O) groups is 1. The van der Waals surface area contributed by atoms with E-state index in [0.29, 0.717) is 5.56 Å². The van der Waals surface area contributed by atoms with Gasteiger partial charge in [-0.3, -0.25) is 4.79 Å². The molecule has 0 spiro atoms. The number of anilines is 1. The van der Waals surface area contributed by atoms with Crippen LogP contribution in [0.3, 0.4) is 0 Å². The van der Waals surface area contributed by atoms with E-state index in [9.17, 15) is 4.79 Å². The molecule has 3 rings (SSSR count). The zero-order chi connectivity index (χ0) is 13.9. The number of carbonyl (C=O) groups excluding carboxylic acids is 1. The van der Waals surface area contributed by atoms with E-state index in [1.165, 1.54) is 28.9 Å². The molecule has 1 aliphatic rings. The van der Waals surface area contributed by atoms with Gasteiger partial charge in [0.2, 0.25) is 0 Å². The molecule has 0 atom stereocenters. The van der Waals surface area contributed by atoms with Crippen LogP contribution in [0.15, 0.2) is 47.4 Å². The number of nitrogens with one attached hydrogen (secondary N) is 1. The van der Waals surface area contributed by atoms with E-state index >= 15 is 0 Å². The SMILES string of the molecule is CSc1ccc(C(=O)Nc2ccc3c(c2)CCC3)cc1. The van der Waals surface area contributed by atoms with Gasteiger partial charge in [0.1, 0.15) is 0 Å². The summed E-state index contributed by atoms with van der Waals surface area (Å²) in [6, 6.07) is 13.9. The number of aryl methyl sites for hydroxylation is 2. The van der Waals surface area contributed by atoms with Gasteiger partial charge in [0.25, 0.3) is 5.91 Å². The van der Waals surface area contributed by atoms with Crippen LogP contribution < -0.4 is 5.32 Å². The number of benzene rings is 2. The zero-order valence-corrected chi connectivity index (χ0v) is 12.3. The first kappa shape index (κ1) is 13.3. The summed E-state index contributed by atoms with van der Waals surface area (Å²) in [4.78, 5) is 13.4. The molecule has 1 amide bonds. The van der Waals surface area contributed by atoms with Gasteiger partial charge in [0.05, 0.1) is 0 Å². The van der Waals surface area contributed by atoms with Crippen LogP contribution in [0, 0.1) is 0 Å². The van der Waals surface area contributed by atoms with Crippen molar-refractivity contribution in [3.63, 3.8) is 0 Å². The fourth-order valence-corrected chi connectivity index (χ4v) is 3.00. The smallest absolute Gasteiger partial charge is 0.255 e. The number of amides is 1. The molecule has 0 saturated heterocycles. The quantitative estimate of drug-likeness (QED) is 0.857. The van der Waals surface area contributed by atoms with Crippen molar-refractivity contribution in [3.8, 4) is 0 Å². The Bertz CT molecular complexity index is 634. The van der Waals surface area contributed by atoms with Gasteiger partial charge >= 0.3 is 0 Å². The highest BCUT2D eigenvalue weighted by Gasteiger charge is 2.12. The predicted molar refractivity (Wildman–Crippen MR) is 84.6 cm³/mol. The molecule has 0 heterocycles. The Morgan fingerprint density at radius 3 is 2.55 bits per heavy atom. The summed E-state index contributed by atoms with van der Waals surface area (Å²) in [6.07, 6.45) is 5.55. The Morgan fingerprint density at radius 1 is 1.05 bits per heavy atom. The molecule has 2 aromatic carbocycles. The number of rotatable bonds is 3. The fourth-order valence-electron chi connectivity index (χ4n) is 2.60. The maximum absolute atomic E-state index is 12.2. The molecular formula is C17H17NOS. The Morgan fingerprint density at radius 2 is 1.80 bits per heavy atom. The van der Waals surface area contributed by atoms with Gasteiger partial charge in [0.15, 0.2) is 0 Å². The number of thioether (sulfide) groups is 1. The first-order valence-corrected chi connectivity index (χ1v) is 8.06. The van der Waals surface area contributed by atoms with Crippen molar-refractivity contribution in [2.45, 2.75) is 24.2 Å². The van der Waals surface area contributed by atoms with Crippen LogP contribution in [0.5, 0.6) is 0 Å². The lowest BCUT2D eigenvalue weighted by atomic mass is 10.1. The second-order valence-electron chi connectivity index (χ2n) is 5.02. The van der Waals surface area contributed by atoms with Crippen LogP contribution in [0.2, 0.25) is 0 Å². The summed E-state index contributed by atoms with van der Waals surface area (Å²) >= 11 is 1.67. The topological polar surface area (TPSA) is 29.1 Å². The van der Waals surface area contributed by atoms with Gasteiger partial charge < -0.3 is 5.32 Å². The second kappa shape index (κ2) is 5.71. The maximum atomic E-state index is 12.2. The fraction of sp³-hybridized carbons (Fsp3) is 0.235. The Kier molecular flexibility index (Phi) is 3.79. The number of fused-ring (bicyclic) bond motifs is 1. The summed E-state index contributed by atoms with van der Waals surface area (Å²) in [7, 11) is 0. The normalized spacial score (nSPS) is 13.1. The highest BCUT2D eigenvalue weighted by atomic mass is 32.2. The first-order chi connectivity index (χ1) is 9.76. The van der Waals surface area contributed by atoms with E-state index in [-0.39, 0.29) is 5.91 Å². The van der Waals surface area contributed by atoms with Crippen molar-refractivity contribution in [1.29, 1.82) is 0 Å². The molecule has 20 heavy (non-hydrogen) atoms. The lowest BCUT2D eigenvalue weighted by molar-refractivity contribution is 0.102. The van der Waals surface area contributed by atoms with Crippen LogP contribution in [0.25, 0.3) is 0 Å². The number of hydrogen-bond donors (Lipinski definition) is 1. The third-order valence-electron chi connectivity index (χ3n) is 3.71. The van der Waals surface area contributed by atoms with E-state index in [1.54, 1.807) is 11.8 Å². The lowest BCUT2D eigenvalue weighted by Gasteiger charge is -2.08. The van der Waals surface area contributed by atoms with Crippen LogP contribution >= 0.6 is 11.8 Å². The monoisotopic (exact) mass is 283 g/mol. The van der Waals surface area contributed by atoms with Crippen molar-refractivity contribution in [2.75, 3.05) is 11.6 Å². The molecule has 102 valence electrons. The zero-order valence-electron chi connectivity index (χ0n) is 11.5. The summed E-state index contributed by atoms with van der Waals surface area (Å²) in [5, 5.41) is 2.98. The Balaban J connectivity index is 1.75. The van der Waals surface area contributed by atoms with Gasteiger partial charge in [-0.2, -0.15) is 0 Å². The van der Waals surface area contributed by atoms with Crippen molar-refractivity contribution in [1.82, 2.24) is 0 Å². The standard InChI is InChI=1S/C17H17NOS/c1-20-16-9-6-13(7-10-16)17(19)18-15-8-5-12-3-2-4-14(12)11-15/h5-11H,2-4H2,1H3,(H,18,19). The molecule has 2 aromatic rings. The largest absolute Gasteiger partial charge is 0.322 e. The highest BCUT2D eigenvalue weighted by molar-refractivity contribution is 7.98. The van der Waals surface area contributed by atoms with Crippen LogP contribution in [0.4, 0.5) is 5.69 Å². The number of hydrogen-bond acceptors (Lipinski definition) is 2. The van der Waals surface area contributed by atoms with E-state index in [0.717, 1.165) is 12.1 Å². The van der Waals surface area contributed by atoms with E-state index in [1.807, 2.05) is 36.6 Å². The average Bonchev–Trinajstić information content (AvgIpc) is 2.95. The van der Waals surface area contributed by atoms with Crippen molar-refractivity contribution >= 4 is 23.4 Å². The molecule has 1 N–H and O–H groups in total.